The lowest BCUT2D eigenvalue weighted by Gasteiger charge is -2.27. The molecule has 0 aliphatic carbocycles. The van der Waals surface area contributed by atoms with E-state index < -0.39 is 29.7 Å². The maximum atomic E-state index is 13.5. The highest BCUT2D eigenvalue weighted by Crippen LogP contribution is 2.39. The van der Waals surface area contributed by atoms with Gasteiger partial charge in [-0.15, -0.1) is 0 Å². The number of nitriles is 1. The smallest absolute Gasteiger partial charge is 0.266 e. The van der Waals surface area contributed by atoms with Gasteiger partial charge in [0.2, 0.25) is 17.7 Å². The molecule has 0 spiro atoms. The van der Waals surface area contributed by atoms with Crippen molar-refractivity contribution in [2.75, 3.05) is 71.4 Å². The fraction of sp³-hybridized carbons (Fsp3) is 0.312. The first-order valence-electron chi connectivity index (χ1n) is 21.1. The van der Waals surface area contributed by atoms with Gasteiger partial charge in [-0.3, -0.25) is 39.0 Å². The monoisotopic (exact) mass is 920 g/mol. The summed E-state index contributed by atoms with van der Waals surface area (Å²) in [5, 5.41) is 12.5. The molecule has 1 saturated heterocycles. The first kappa shape index (κ1) is 46.9. The van der Waals surface area contributed by atoms with Gasteiger partial charge in [-0.05, 0) is 73.5 Å². The van der Waals surface area contributed by atoms with E-state index in [9.17, 15) is 34.0 Å². The number of fused-ring (bicyclic) bond motifs is 2. The molecule has 2 aliphatic heterocycles. The Balaban J connectivity index is 0.831. The van der Waals surface area contributed by atoms with Crippen molar-refractivity contribution in [1.29, 1.82) is 5.26 Å². The second-order valence-electron chi connectivity index (χ2n) is 15.0. The molecule has 5 aromatic rings. The van der Waals surface area contributed by atoms with Crippen molar-refractivity contribution >= 4 is 57.8 Å². The second kappa shape index (κ2) is 21.3. The number of hydrogen-bond acceptors (Lipinski definition) is 14. The molecule has 7 rings (SSSR count). The Morgan fingerprint density at radius 3 is 2.20 bits per heavy atom. The average molecular weight is 921 g/mol. The van der Waals surface area contributed by atoms with Gasteiger partial charge in [0.25, 0.3) is 11.8 Å². The van der Waals surface area contributed by atoms with E-state index in [-0.39, 0.29) is 90.8 Å². The van der Waals surface area contributed by atoms with Crippen molar-refractivity contribution in [3.05, 3.63) is 105 Å². The third-order valence-electron chi connectivity index (χ3n) is 10.7. The molecule has 18 heteroatoms. The first-order valence-corrected chi connectivity index (χ1v) is 21.4. The molecule has 342 valence electrons. The third-order valence-corrected chi connectivity index (χ3v) is 11.0. The number of amides is 5. The van der Waals surface area contributed by atoms with Crippen LogP contribution in [0.1, 0.15) is 53.0 Å². The molecule has 17 nitrogen and oxygen atoms in total. The lowest BCUT2D eigenvalue weighted by atomic mass is 9.99. The molecular weight excluding hydrogens is 876 g/mol. The molecule has 5 amide bonds. The van der Waals surface area contributed by atoms with Crippen molar-refractivity contribution in [2.45, 2.75) is 32.7 Å². The van der Waals surface area contributed by atoms with Crippen molar-refractivity contribution < 1.29 is 56.8 Å². The summed E-state index contributed by atoms with van der Waals surface area (Å²) < 4.78 is 40.5. The summed E-state index contributed by atoms with van der Waals surface area (Å²) in [6.45, 7) is 5.55. The largest absolute Gasteiger partial charge is 0.493 e. The Morgan fingerprint density at radius 2 is 1.53 bits per heavy atom. The molecule has 3 heterocycles. The zero-order valence-electron chi connectivity index (χ0n) is 36.3. The standard InChI is InChI=1S/C48H45ClN4O13/c1-4-63-41-26-43-36(24-35(41)30-20-29(27-50)21-31(22-30)52(3)28(2)54)39(55)25-42(66-43)33-9-8-32(23-37(33)49)64-18-16-61-14-12-60-13-15-62-17-19-65-40-7-5-6-34-45(40)48(59)53(47(34)58)38-10-11-44(56)51-46(38)57/h5-9,20-26,38H,4,10-19H2,1-3H3,(H,51,56,57). The lowest BCUT2D eigenvalue weighted by molar-refractivity contribution is -0.136. The zero-order valence-corrected chi connectivity index (χ0v) is 37.1. The van der Waals surface area contributed by atoms with Crippen LogP contribution >= 0.6 is 11.6 Å². The molecule has 0 saturated carbocycles. The highest BCUT2D eigenvalue weighted by atomic mass is 35.5. The van der Waals surface area contributed by atoms with E-state index in [2.05, 4.69) is 11.4 Å². The maximum Gasteiger partial charge on any atom is 0.266 e. The van der Waals surface area contributed by atoms with Gasteiger partial charge in [0.05, 0.1) is 79.4 Å². The predicted octanol–water partition coefficient (Wildman–Crippen LogP) is 5.94. The summed E-state index contributed by atoms with van der Waals surface area (Å²) in [6.07, 6.45) is 0.0899. The number of rotatable bonds is 20. The molecule has 1 unspecified atom stereocenters. The van der Waals surface area contributed by atoms with E-state index >= 15 is 0 Å². The highest BCUT2D eigenvalue weighted by Gasteiger charge is 2.46. The Hall–Kier alpha value is -7.10. The number of carbonyl (C=O) groups excluding carboxylic acids is 5. The van der Waals surface area contributed by atoms with Crippen molar-refractivity contribution in [1.82, 2.24) is 10.2 Å². The Labute approximate surface area is 383 Å². The number of benzene rings is 4. The van der Waals surface area contributed by atoms with Gasteiger partial charge in [0.15, 0.2) is 5.43 Å². The number of nitrogens with zero attached hydrogens (tertiary/aromatic N) is 3. The topological polar surface area (TPSA) is 213 Å². The van der Waals surface area contributed by atoms with E-state index in [0.717, 1.165) is 4.90 Å². The van der Waals surface area contributed by atoms with Crippen LogP contribution in [0.25, 0.3) is 33.4 Å². The van der Waals surface area contributed by atoms with Gasteiger partial charge in [0.1, 0.15) is 47.8 Å². The number of anilines is 1. The molecule has 1 atom stereocenters. The summed E-state index contributed by atoms with van der Waals surface area (Å²) in [5.74, 6) is -1.25. The summed E-state index contributed by atoms with van der Waals surface area (Å²) in [5.41, 5.74) is 2.63. The predicted molar refractivity (Wildman–Crippen MR) is 240 cm³/mol. The second-order valence-corrected chi connectivity index (χ2v) is 15.4. The van der Waals surface area contributed by atoms with Crippen LogP contribution in [0.3, 0.4) is 0 Å². The number of ether oxygens (including phenoxy) is 6. The Morgan fingerprint density at radius 1 is 0.818 bits per heavy atom. The van der Waals surface area contributed by atoms with Crippen LogP contribution in [-0.2, 0) is 28.6 Å². The molecule has 1 fully saturated rings. The molecule has 1 N–H and O–H groups in total. The summed E-state index contributed by atoms with van der Waals surface area (Å²) in [6, 6.07) is 20.4. The van der Waals surface area contributed by atoms with Crippen LogP contribution in [0.2, 0.25) is 5.02 Å². The first-order chi connectivity index (χ1) is 31.9. The number of halogens is 1. The molecule has 0 radical (unpaired) electrons. The maximum absolute atomic E-state index is 13.5. The van der Waals surface area contributed by atoms with E-state index in [4.69, 9.17) is 44.4 Å². The quantitative estimate of drug-likeness (QED) is 0.0707. The van der Waals surface area contributed by atoms with Gasteiger partial charge in [-0.2, -0.15) is 5.26 Å². The normalized spacial score (nSPS) is 14.5. The lowest BCUT2D eigenvalue weighted by Crippen LogP contribution is -2.54. The van der Waals surface area contributed by atoms with Crippen LogP contribution in [0.5, 0.6) is 17.2 Å². The molecule has 1 aromatic heterocycles. The van der Waals surface area contributed by atoms with Crippen LogP contribution in [-0.4, -0.2) is 107 Å². The van der Waals surface area contributed by atoms with Gasteiger partial charge >= 0.3 is 0 Å². The Bertz CT molecular complexity index is 2800. The molecule has 4 aromatic carbocycles. The fourth-order valence-corrected chi connectivity index (χ4v) is 7.65. The van der Waals surface area contributed by atoms with Crippen LogP contribution < -0.4 is 29.9 Å². The minimum Gasteiger partial charge on any atom is -0.493 e. The number of hydrogen-bond donors (Lipinski definition) is 1. The van der Waals surface area contributed by atoms with Crippen molar-refractivity contribution in [3.8, 4) is 45.8 Å². The summed E-state index contributed by atoms with van der Waals surface area (Å²) >= 11 is 6.66. The van der Waals surface area contributed by atoms with Crippen molar-refractivity contribution in [2.24, 2.45) is 0 Å². The van der Waals surface area contributed by atoms with Crippen LogP contribution in [0.4, 0.5) is 5.69 Å². The van der Waals surface area contributed by atoms with Gasteiger partial charge in [-0.25, -0.2) is 0 Å². The molecule has 2 aliphatic rings. The van der Waals surface area contributed by atoms with Crippen molar-refractivity contribution in [3.63, 3.8) is 0 Å². The average Bonchev–Trinajstić information content (AvgIpc) is 3.55. The van der Waals surface area contributed by atoms with Crippen LogP contribution in [0.15, 0.2) is 82.0 Å². The highest BCUT2D eigenvalue weighted by molar-refractivity contribution is 6.33. The Kier molecular flexibility index (Phi) is 15.1. The van der Waals surface area contributed by atoms with E-state index in [1.807, 2.05) is 6.92 Å². The van der Waals surface area contributed by atoms with Gasteiger partial charge in [0, 0.05) is 49.3 Å². The minimum absolute atomic E-state index is 0.0291. The van der Waals surface area contributed by atoms with E-state index in [1.54, 1.807) is 67.7 Å². The SMILES string of the molecule is CCOc1cc2oc(-c3ccc(OCCOCCOCCOCCOc4cccc5c4C(=O)N(C4CCC(=O)NC4=O)C5=O)cc3Cl)cc(=O)c2cc1-c1cc(C#N)cc(N(C)C(C)=O)c1. The van der Waals surface area contributed by atoms with E-state index in [0.29, 0.717) is 70.9 Å². The number of piperidine rings is 1. The molecule has 66 heavy (non-hydrogen) atoms. The summed E-state index contributed by atoms with van der Waals surface area (Å²) in [4.78, 5) is 78.1. The van der Waals surface area contributed by atoms with Crippen LogP contribution in [0, 0.1) is 11.3 Å². The number of nitrogens with one attached hydrogen (secondary N) is 1. The van der Waals surface area contributed by atoms with Gasteiger partial charge in [-0.1, -0.05) is 17.7 Å². The molecule has 0 bridgehead atoms. The van der Waals surface area contributed by atoms with Gasteiger partial charge < -0.3 is 37.7 Å². The third kappa shape index (κ3) is 10.5. The minimum atomic E-state index is -1.07. The number of carbonyl (C=O) groups is 5. The zero-order chi connectivity index (χ0) is 46.9. The molecular formula is C48H45ClN4O13. The fourth-order valence-electron chi connectivity index (χ4n) is 7.38. The number of imide groups is 2. The summed E-state index contributed by atoms with van der Waals surface area (Å²) in [7, 11) is 1.62. The van der Waals surface area contributed by atoms with E-state index in [1.165, 1.54) is 24.0 Å².